The fourth-order valence-electron chi connectivity index (χ4n) is 5.97. The van der Waals surface area contributed by atoms with Gasteiger partial charge >= 0.3 is 5.97 Å². The Bertz CT molecular complexity index is 1550. The normalized spacial score (nSPS) is 20.7. The smallest absolute Gasteiger partial charge is 0.306 e. The number of carbonyl (C=O) groups excluding carboxylic acids is 1. The molecule has 1 N–H and O–H groups in total. The lowest BCUT2D eigenvalue weighted by molar-refractivity contribution is -0.157. The van der Waals surface area contributed by atoms with Crippen molar-refractivity contribution in [2.45, 2.75) is 88.2 Å². The van der Waals surface area contributed by atoms with E-state index in [-0.39, 0.29) is 34.9 Å². The fraction of sp³-hybridized carbons (Fsp3) is 0.484. The molecule has 0 bridgehead atoms. The molecule has 40 heavy (non-hydrogen) atoms. The number of carbonyl (C=O) groups is 1. The summed E-state index contributed by atoms with van der Waals surface area (Å²) in [6.07, 6.45) is 6.46. The highest BCUT2D eigenvalue weighted by Crippen LogP contribution is 2.49. The van der Waals surface area contributed by atoms with Gasteiger partial charge in [0, 0.05) is 24.3 Å². The SMILES string of the molecule is CCC(CC(=O)OC(C)(C)C)C1(c2cccc(S(C)(=O)=O)c2)CCC(Oc2cc3cc[nH]c(=O)c3cc2Cl)CC1. The number of sulfone groups is 1. The number of esters is 1. The minimum absolute atomic E-state index is 0.0471. The number of fused-ring (bicyclic) bond motifs is 1. The molecule has 3 aromatic rings. The fourth-order valence-corrected chi connectivity index (χ4v) is 6.84. The van der Waals surface area contributed by atoms with Crippen LogP contribution in [0.25, 0.3) is 10.8 Å². The molecule has 1 atom stereocenters. The van der Waals surface area contributed by atoms with E-state index in [1.165, 1.54) is 6.26 Å². The molecular formula is C31H38ClNO6S. The Morgan fingerprint density at radius 2 is 1.85 bits per heavy atom. The lowest BCUT2D eigenvalue weighted by Gasteiger charge is -2.46. The minimum atomic E-state index is -3.40. The van der Waals surface area contributed by atoms with Gasteiger partial charge in [-0.15, -0.1) is 0 Å². The summed E-state index contributed by atoms with van der Waals surface area (Å²) in [6.45, 7) is 7.63. The van der Waals surface area contributed by atoms with Gasteiger partial charge in [0.25, 0.3) is 5.56 Å². The monoisotopic (exact) mass is 587 g/mol. The van der Waals surface area contributed by atoms with E-state index >= 15 is 0 Å². The van der Waals surface area contributed by atoms with Crippen LogP contribution in [0.1, 0.15) is 71.8 Å². The highest BCUT2D eigenvalue weighted by molar-refractivity contribution is 7.90. The van der Waals surface area contributed by atoms with Crippen molar-refractivity contribution in [3.8, 4) is 5.75 Å². The van der Waals surface area contributed by atoms with Crippen LogP contribution in [0.4, 0.5) is 0 Å². The molecule has 1 aliphatic carbocycles. The van der Waals surface area contributed by atoms with E-state index < -0.39 is 20.9 Å². The molecule has 1 aliphatic rings. The third kappa shape index (κ3) is 6.72. The lowest BCUT2D eigenvalue weighted by atomic mass is 9.60. The maximum atomic E-state index is 13.0. The molecule has 0 amide bonds. The summed E-state index contributed by atoms with van der Waals surface area (Å²) in [5.41, 5.74) is -0.298. The maximum absolute atomic E-state index is 13.0. The minimum Gasteiger partial charge on any atom is -0.489 e. The van der Waals surface area contributed by atoms with Gasteiger partial charge in [0.2, 0.25) is 0 Å². The molecule has 7 nitrogen and oxygen atoms in total. The summed E-state index contributed by atoms with van der Waals surface area (Å²) >= 11 is 6.50. The first-order valence-corrected chi connectivity index (χ1v) is 16.0. The Morgan fingerprint density at radius 3 is 2.48 bits per heavy atom. The molecule has 0 aliphatic heterocycles. The topological polar surface area (TPSA) is 103 Å². The number of ether oxygens (including phenoxy) is 2. The molecule has 1 saturated carbocycles. The summed E-state index contributed by atoms with van der Waals surface area (Å²) in [4.78, 5) is 28.0. The molecule has 2 aromatic carbocycles. The molecule has 1 unspecified atom stereocenters. The molecule has 9 heteroatoms. The Kier molecular flexibility index (Phi) is 8.71. The number of pyridine rings is 1. The first kappa shape index (κ1) is 30.1. The van der Waals surface area contributed by atoms with Crippen LogP contribution >= 0.6 is 11.6 Å². The van der Waals surface area contributed by atoms with Crippen LogP contribution in [0.3, 0.4) is 0 Å². The third-order valence-corrected chi connectivity index (χ3v) is 9.29. The molecule has 0 saturated heterocycles. The number of aromatic nitrogens is 1. The van der Waals surface area contributed by atoms with Crippen molar-refractivity contribution in [3.05, 3.63) is 69.6 Å². The van der Waals surface area contributed by atoms with E-state index in [1.54, 1.807) is 36.5 Å². The molecule has 4 rings (SSSR count). The summed E-state index contributed by atoms with van der Waals surface area (Å²) in [5, 5.41) is 1.62. The summed E-state index contributed by atoms with van der Waals surface area (Å²) in [7, 11) is -3.40. The predicted octanol–water partition coefficient (Wildman–Crippen LogP) is 6.60. The number of aromatic amines is 1. The summed E-state index contributed by atoms with van der Waals surface area (Å²) < 4.78 is 36.9. The highest BCUT2D eigenvalue weighted by Gasteiger charge is 2.44. The Hall–Kier alpha value is -2.84. The van der Waals surface area contributed by atoms with Gasteiger partial charge in [-0.3, -0.25) is 9.59 Å². The molecule has 1 aromatic heterocycles. The van der Waals surface area contributed by atoms with Gasteiger partial charge in [-0.25, -0.2) is 8.42 Å². The van der Waals surface area contributed by atoms with Gasteiger partial charge < -0.3 is 14.5 Å². The number of halogens is 1. The maximum Gasteiger partial charge on any atom is 0.306 e. The van der Waals surface area contributed by atoms with E-state index in [1.807, 2.05) is 32.9 Å². The molecular weight excluding hydrogens is 550 g/mol. The summed E-state index contributed by atoms with van der Waals surface area (Å²) in [6, 6.07) is 12.4. The second-order valence-corrected chi connectivity index (χ2v) is 14.3. The standard InChI is InChI=1S/C31H38ClNO6S/c1-6-21(18-28(34)39-30(2,3)4)31(22-8-7-9-24(17-22)40(5,36)37)13-10-23(11-14-31)38-27-16-20-12-15-33-29(35)25(20)19-26(27)32/h7-9,12,15-17,19,21,23H,6,10-11,13-14,18H2,1-5H3,(H,33,35). The van der Waals surface area contributed by atoms with Crippen molar-refractivity contribution >= 4 is 38.2 Å². The van der Waals surface area contributed by atoms with Crippen LogP contribution in [0, 0.1) is 5.92 Å². The zero-order valence-electron chi connectivity index (χ0n) is 23.8. The number of hydrogen-bond donors (Lipinski definition) is 1. The zero-order valence-corrected chi connectivity index (χ0v) is 25.3. The van der Waals surface area contributed by atoms with Crippen molar-refractivity contribution in [3.63, 3.8) is 0 Å². The first-order valence-electron chi connectivity index (χ1n) is 13.7. The van der Waals surface area contributed by atoms with Crippen LogP contribution < -0.4 is 10.3 Å². The van der Waals surface area contributed by atoms with Crippen LogP contribution in [0.2, 0.25) is 5.02 Å². The average Bonchev–Trinajstić information content (AvgIpc) is 2.87. The van der Waals surface area contributed by atoms with Gasteiger partial charge in [-0.2, -0.15) is 0 Å². The van der Waals surface area contributed by atoms with Crippen LogP contribution in [-0.4, -0.2) is 37.3 Å². The number of nitrogens with one attached hydrogen (secondary N) is 1. The average molecular weight is 588 g/mol. The lowest BCUT2D eigenvalue weighted by Crippen LogP contribution is -2.43. The predicted molar refractivity (Wildman–Crippen MR) is 158 cm³/mol. The Morgan fingerprint density at radius 1 is 1.15 bits per heavy atom. The Balaban J connectivity index is 1.64. The van der Waals surface area contributed by atoms with E-state index in [0.29, 0.717) is 41.8 Å². The quantitative estimate of drug-likeness (QED) is 0.298. The largest absolute Gasteiger partial charge is 0.489 e. The van der Waals surface area contributed by atoms with Crippen LogP contribution in [0.15, 0.2) is 58.4 Å². The second-order valence-electron chi connectivity index (χ2n) is 11.8. The van der Waals surface area contributed by atoms with Gasteiger partial charge in [0.05, 0.1) is 16.0 Å². The summed E-state index contributed by atoms with van der Waals surface area (Å²) in [5.74, 6) is 0.223. The zero-order chi connectivity index (χ0) is 29.3. The molecule has 1 fully saturated rings. The second kappa shape index (κ2) is 11.6. The molecule has 1 heterocycles. The number of hydrogen-bond acceptors (Lipinski definition) is 6. The van der Waals surface area contributed by atoms with E-state index in [2.05, 4.69) is 11.9 Å². The van der Waals surface area contributed by atoms with Crippen LogP contribution in [-0.2, 0) is 24.8 Å². The molecule has 0 spiro atoms. The Labute approximate surface area is 241 Å². The first-order chi connectivity index (χ1) is 18.7. The van der Waals surface area contributed by atoms with Crippen molar-refractivity contribution < 1.29 is 22.7 Å². The van der Waals surface area contributed by atoms with Gasteiger partial charge in [-0.05, 0) is 99.1 Å². The van der Waals surface area contributed by atoms with Gasteiger partial charge in [0.15, 0.2) is 9.84 Å². The van der Waals surface area contributed by atoms with Gasteiger partial charge in [-0.1, -0.05) is 37.1 Å². The van der Waals surface area contributed by atoms with Crippen molar-refractivity contribution in [2.75, 3.05) is 6.26 Å². The van der Waals surface area contributed by atoms with Crippen molar-refractivity contribution in [2.24, 2.45) is 5.92 Å². The van der Waals surface area contributed by atoms with Gasteiger partial charge in [0.1, 0.15) is 11.4 Å². The molecule has 0 radical (unpaired) electrons. The number of rotatable bonds is 8. The van der Waals surface area contributed by atoms with Crippen molar-refractivity contribution in [1.29, 1.82) is 0 Å². The molecule has 216 valence electrons. The van der Waals surface area contributed by atoms with E-state index in [9.17, 15) is 18.0 Å². The number of benzene rings is 2. The van der Waals surface area contributed by atoms with Crippen molar-refractivity contribution in [1.82, 2.24) is 4.98 Å². The van der Waals surface area contributed by atoms with Crippen LogP contribution in [0.5, 0.6) is 5.75 Å². The third-order valence-electron chi connectivity index (χ3n) is 7.89. The van der Waals surface area contributed by atoms with E-state index in [4.69, 9.17) is 21.1 Å². The highest BCUT2D eigenvalue weighted by atomic mass is 35.5. The number of H-pyrrole nitrogens is 1. The van der Waals surface area contributed by atoms with E-state index in [0.717, 1.165) is 17.4 Å².